The normalized spacial score (nSPS) is 22.7. The summed E-state index contributed by atoms with van der Waals surface area (Å²) < 4.78 is 19.5. The molecule has 2 N–H and O–H groups in total. The Kier molecular flexibility index (Phi) is 4.08. The maximum Gasteiger partial charge on any atom is 0.408 e. The largest absolute Gasteiger partial charge is 0.441 e. The van der Waals surface area contributed by atoms with Crippen LogP contribution in [0, 0.1) is 11.2 Å². The molecule has 23 heavy (non-hydrogen) atoms. The molecule has 4 nitrogen and oxygen atoms in total. The predicted molar refractivity (Wildman–Crippen MR) is 86.8 cm³/mol. The Morgan fingerprint density at radius 2 is 2.04 bits per heavy atom. The van der Waals surface area contributed by atoms with Crippen LogP contribution < -0.4 is 10.6 Å². The molecule has 1 aromatic rings. The molecule has 3 rings (SSSR count). The molecule has 0 radical (unpaired) electrons. The minimum atomic E-state index is -0.433. The Balaban J connectivity index is 1.89. The number of hydrogen-bond donors (Lipinski definition) is 2. The molecule has 1 fully saturated rings. The molecule has 1 aliphatic carbocycles. The van der Waals surface area contributed by atoms with Gasteiger partial charge >= 0.3 is 6.09 Å². The van der Waals surface area contributed by atoms with Crippen LogP contribution >= 0.6 is 0 Å². The number of hydrogen-bond acceptors (Lipinski definition) is 3. The summed E-state index contributed by atoms with van der Waals surface area (Å²) in [5, 5.41) is 6.20. The first kappa shape index (κ1) is 16.2. The zero-order valence-electron chi connectivity index (χ0n) is 14.0. The van der Waals surface area contributed by atoms with E-state index in [4.69, 9.17) is 4.74 Å². The molecule has 0 unspecified atom stereocenters. The van der Waals surface area contributed by atoms with E-state index in [1.807, 2.05) is 26.8 Å². The lowest BCUT2D eigenvalue weighted by atomic mass is 9.74. The molecule has 1 aromatic carbocycles. The van der Waals surface area contributed by atoms with Crippen LogP contribution in [0.3, 0.4) is 0 Å². The Morgan fingerprint density at radius 3 is 2.70 bits per heavy atom. The molecule has 1 heterocycles. The van der Waals surface area contributed by atoms with Crippen molar-refractivity contribution in [3.8, 4) is 0 Å². The second-order valence-corrected chi connectivity index (χ2v) is 7.79. The van der Waals surface area contributed by atoms with Gasteiger partial charge in [-0.3, -0.25) is 0 Å². The first-order chi connectivity index (χ1) is 10.8. The molecule has 0 bridgehead atoms. The third kappa shape index (κ3) is 3.34. The van der Waals surface area contributed by atoms with Crippen molar-refractivity contribution >= 4 is 6.09 Å². The van der Waals surface area contributed by atoms with Gasteiger partial charge in [0.25, 0.3) is 0 Å². The summed E-state index contributed by atoms with van der Waals surface area (Å²) in [5.74, 6) is -0.278. The number of carbonyl (C=O) groups excluding carboxylic acids is 1. The van der Waals surface area contributed by atoms with Crippen molar-refractivity contribution in [1.82, 2.24) is 10.6 Å². The first-order valence-electron chi connectivity index (χ1n) is 8.27. The van der Waals surface area contributed by atoms with Crippen LogP contribution in [0.25, 0.3) is 0 Å². The van der Waals surface area contributed by atoms with Crippen molar-refractivity contribution in [2.24, 2.45) is 5.41 Å². The fraction of sp³-hybridized carbons (Fsp3) is 0.611. The van der Waals surface area contributed by atoms with Crippen LogP contribution in [0.1, 0.15) is 50.8 Å². The number of ether oxygens (including phenoxy) is 1. The Labute approximate surface area is 136 Å². The van der Waals surface area contributed by atoms with Crippen molar-refractivity contribution in [2.75, 3.05) is 13.1 Å². The molecular formula is C18H25FN2O2. The van der Waals surface area contributed by atoms with E-state index in [9.17, 15) is 9.18 Å². The van der Waals surface area contributed by atoms with Gasteiger partial charge in [-0.05, 0) is 76.4 Å². The van der Waals surface area contributed by atoms with E-state index in [-0.39, 0.29) is 22.9 Å². The van der Waals surface area contributed by atoms with Gasteiger partial charge in [-0.2, -0.15) is 0 Å². The van der Waals surface area contributed by atoms with E-state index < -0.39 is 6.09 Å². The predicted octanol–water partition coefficient (Wildman–Crippen LogP) is 3.32. The molecule has 1 amide bonds. The number of piperidine rings is 1. The molecular weight excluding hydrogens is 295 g/mol. The highest BCUT2D eigenvalue weighted by molar-refractivity contribution is 5.69. The minimum absolute atomic E-state index is 0.114. The molecule has 126 valence electrons. The van der Waals surface area contributed by atoms with Crippen LogP contribution in [0.2, 0.25) is 0 Å². The molecule has 0 aromatic heterocycles. The smallest absolute Gasteiger partial charge is 0.408 e. The minimum Gasteiger partial charge on any atom is -0.441 e. The number of rotatable bonds is 1. The molecule has 2 aliphatic rings. The maximum atomic E-state index is 13.7. The van der Waals surface area contributed by atoms with Gasteiger partial charge in [-0.25, -0.2) is 9.18 Å². The van der Waals surface area contributed by atoms with E-state index in [2.05, 4.69) is 10.6 Å². The van der Waals surface area contributed by atoms with Crippen molar-refractivity contribution in [2.45, 2.75) is 51.7 Å². The molecule has 1 saturated heterocycles. The fourth-order valence-electron chi connectivity index (χ4n) is 3.77. The number of carbonyl (C=O) groups is 1. The van der Waals surface area contributed by atoms with E-state index in [0.29, 0.717) is 0 Å². The summed E-state index contributed by atoms with van der Waals surface area (Å²) in [6.45, 7) is 7.54. The summed E-state index contributed by atoms with van der Waals surface area (Å²) in [6.07, 6.45) is 1.89. The first-order valence-corrected chi connectivity index (χ1v) is 8.27. The van der Waals surface area contributed by atoms with E-state index in [0.717, 1.165) is 43.5 Å². The van der Waals surface area contributed by atoms with Gasteiger partial charge in [-0.1, -0.05) is 6.07 Å². The van der Waals surface area contributed by atoms with Gasteiger partial charge in [0.2, 0.25) is 0 Å². The average molecular weight is 320 g/mol. The van der Waals surface area contributed by atoms with E-state index in [1.54, 1.807) is 0 Å². The monoisotopic (exact) mass is 320 g/mol. The highest BCUT2D eigenvalue weighted by atomic mass is 19.1. The van der Waals surface area contributed by atoms with Crippen molar-refractivity contribution in [1.29, 1.82) is 0 Å². The van der Waals surface area contributed by atoms with Gasteiger partial charge in [0.05, 0.1) is 0 Å². The second kappa shape index (κ2) is 5.78. The zero-order chi connectivity index (χ0) is 16.7. The third-order valence-electron chi connectivity index (χ3n) is 4.79. The average Bonchev–Trinajstić information content (AvgIpc) is 2.71. The summed E-state index contributed by atoms with van der Waals surface area (Å²) in [4.78, 5) is 12.3. The van der Waals surface area contributed by atoms with Gasteiger partial charge in [0, 0.05) is 11.0 Å². The summed E-state index contributed by atoms with van der Waals surface area (Å²) >= 11 is 0. The number of benzene rings is 1. The highest BCUT2D eigenvalue weighted by Crippen LogP contribution is 2.53. The number of halogens is 1. The summed E-state index contributed by atoms with van der Waals surface area (Å²) in [6, 6.07) is 4.85. The van der Waals surface area contributed by atoms with Crippen molar-refractivity contribution in [3.63, 3.8) is 0 Å². The third-order valence-corrected chi connectivity index (χ3v) is 4.79. The van der Waals surface area contributed by atoms with Gasteiger partial charge in [0.15, 0.2) is 0 Å². The quantitative estimate of drug-likeness (QED) is 0.834. The number of alkyl carbamates (subject to hydrolysis) is 1. The molecule has 5 heteroatoms. The van der Waals surface area contributed by atoms with Gasteiger partial charge in [0.1, 0.15) is 11.9 Å². The number of amides is 1. The van der Waals surface area contributed by atoms with Gasteiger partial charge < -0.3 is 15.4 Å². The second-order valence-electron chi connectivity index (χ2n) is 7.79. The van der Waals surface area contributed by atoms with E-state index in [1.165, 1.54) is 12.1 Å². The number of fused-ring (bicyclic) bond motifs is 1. The van der Waals surface area contributed by atoms with E-state index >= 15 is 0 Å². The Hall–Kier alpha value is -1.62. The SMILES string of the molecule is CC(C)(C)NC(=O)O[C@@H]1c2cc(F)ccc2CC12CCNCC2. The van der Waals surface area contributed by atoms with Gasteiger partial charge in [-0.15, -0.1) is 0 Å². The fourth-order valence-corrected chi connectivity index (χ4v) is 3.77. The lowest BCUT2D eigenvalue weighted by Gasteiger charge is -2.39. The highest BCUT2D eigenvalue weighted by Gasteiger charge is 2.49. The van der Waals surface area contributed by atoms with Crippen LogP contribution in [-0.2, 0) is 11.2 Å². The topological polar surface area (TPSA) is 50.4 Å². The van der Waals surface area contributed by atoms with Crippen LogP contribution in [0.5, 0.6) is 0 Å². The molecule has 0 saturated carbocycles. The summed E-state index contributed by atoms with van der Waals surface area (Å²) in [5.41, 5.74) is 1.45. The lowest BCUT2D eigenvalue weighted by Crippen LogP contribution is -2.45. The maximum absolute atomic E-state index is 13.7. The standard InChI is InChI=1S/C18H25FN2O2/c1-17(2,3)21-16(22)23-15-14-10-13(19)5-4-12(14)11-18(15)6-8-20-9-7-18/h4-5,10,15,20H,6-9,11H2,1-3H3,(H,21,22)/t15-/m1/s1. The van der Waals surface area contributed by atoms with Crippen LogP contribution in [-0.4, -0.2) is 24.7 Å². The lowest BCUT2D eigenvalue weighted by molar-refractivity contribution is -0.00584. The Morgan fingerprint density at radius 1 is 1.35 bits per heavy atom. The van der Waals surface area contributed by atoms with Crippen molar-refractivity contribution in [3.05, 3.63) is 35.1 Å². The van der Waals surface area contributed by atoms with Crippen LogP contribution in [0.15, 0.2) is 18.2 Å². The van der Waals surface area contributed by atoms with Crippen LogP contribution in [0.4, 0.5) is 9.18 Å². The number of nitrogens with one attached hydrogen (secondary N) is 2. The van der Waals surface area contributed by atoms with Crippen molar-refractivity contribution < 1.29 is 13.9 Å². The summed E-state index contributed by atoms with van der Waals surface area (Å²) in [7, 11) is 0. The molecule has 1 spiro atoms. The molecule has 1 atom stereocenters. The Bertz CT molecular complexity index is 604. The zero-order valence-corrected chi connectivity index (χ0v) is 14.0. The molecule has 1 aliphatic heterocycles.